The van der Waals surface area contributed by atoms with Crippen molar-refractivity contribution in [3.63, 3.8) is 0 Å². The van der Waals surface area contributed by atoms with Crippen LogP contribution < -0.4 is 0 Å². The molecule has 2 bridgehead atoms. The van der Waals surface area contributed by atoms with E-state index < -0.39 is 70.6 Å². The number of allylic oxidation sites excluding steroid dienone is 2. The zero-order valence-electron chi connectivity index (χ0n) is 19.0. The fourth-order valence-electron chi connectivity index (χ4n) is 5.68. The van der Waals surface area contributed by atoms with Crippen molar-refractivity contribution in [2.45, 2.75) is 69.7 Å². The molecular weight excluding hydrogens is 436 g/mol. The highest BCUT2D eigenvalue weighted by Gasteiger charge is 2.77. The molecule has 1 heterocycles. The van der Waals surface area contributed by atoms with E-state index in [9.17, 15) is 29.1 Å². The lowest BCUT2D eigenvalue weighted by Crippen LogP contribution is -2.65. The molecule has 1 unspecified atom stereocenters. The van der Waals surface area contributed by atoms with Gasteiger partial charge in [-0.2, -0.15) is 0 Å². The molecule has 5 atom stereocenters. The normalized spacial score (nSPS) is 38.3. The maximum Gasteiger partial charge on any atom is 0.345 e. The maximum absolute atomic E-state index is 13.5. The molecule has 2 saturated carbocycles. The molecular formula is C23H28O10. The number of esters is 3. The Morgan fingerprint density at radius 1 is 1.15 bits per heavy atom. The van der Waals surface area contributed by atoms with Crippen LogP contribution in [0.25, 0.3) is 0 Å². The van der Waals surface area contributed by atoms with Gasteiger partial charge in [-0.05, 0) is 45.6 Å². The number of Topliss-reactive ketones (excluding diaryl/α,β-unsaturated/α-hetero) is 1. The van der Waals surface area contributed by atoms with Crippen LogP contribution in [0.15, 0.2) is 23.8 Å². The molecule has 0 aromatic rings. The van der Waals surface area contributed by atoms with E-state index >= 15 is 0 Å². The summed E-state index contributed by atoms with van der Waals surface area (Å²) < 4.78 is 16.2. The number of carboxylic acid groups (broad SMARTS) is 1. The monoisotopic (exact) mass is 464 g/mol. The fourth-order valence-corrected chi connectivity index (χ4v) is 5.68. The molecule has 10 nitrogen and oxygen atoms in total. The van der Waals surface area contributed by atoms with Crippen LogP contribution in [0.4, 0.5) is 0 Å². The predicted molar refractivity (Wildman–Crippen MR) is 111 cm³/mol. The van der Waals surface area contributed by atoms with Crippen molar-refractivity contribution < 1.29 is 48.4 Å². The van der Waals surface area contributed by atoms with Gasteiger partial charge in [0.1, 0.15) is 16.6 Å². The van der Waals surface area contributed by atoms with Gasteiger partial charge >= 0.3 is 23.9 Å². The van der Waals surface area contributed by atoms with Crippen LogP contribution in [0.3, 0.4) is 0 Å². The Kier molecular flexibility index (Phi) is 6.04. The highest BCUT2D eigenvalue weighted by molar-refractivity contribution is 6.09. The molecule has 10 heteroatoms. The average Bonchev–Trinajstić information content (AvgIpc) is 2.94. The molecule has 2 N–H and O–H groups in total. The van der Waals surface area contributed by atoms with Gasteiger partial charge in [0.2, 0.25) is 5.60 Å². The van der Waals surface area contributed by atoms with Crippen molar-refractivity contribution >= 4 is 29.7 Å². The van der Waals surface area contributed by atoms with Crippen molar-refractivity contribution in [2.24, 2.45) is 11.3 Å². The van der Waals surface area contributed by atoms with Gasteiger partial charge in [-0.25, -0.2) is 9.59 Å². The standard InChI is InChI=1S/C23H28O10/c1-13(17(26)27)6-5-8-20(3)15-7-9-21(18(28)33-20)12-16(25)22(30,19(29)31-4)10-11-23(15,21)32-14(2)24/h5-6,8,15,30H,7,9-12H2,1-4H3,(H,26,27)/b8-5+,13-6+/t15-,20+,21-,22?,23-/m0/s1. The van der Waals surface area contributed by atoms with Gasteiger partial charge in [-0.15, -0.1) is 0 Å². The summed E-state index contributed by atoms with van der Waals surface area (Å²) in [6, 6.07) is 0. The summed E-state index contributed by atoms with van der Waals surface area (Å²) in [5, 5.41) is 19.9. The van der Waals surface area contributed by atoms with E-state index in [1.807, 2.05) is 0 Å². The van der Waals surface area contributed by atoms with Crippen LogP contribution in [-0.4, -0.2) is 63.8 Å². The van der Waals surface area contributed by atoms with Gasteiger partial charge < -0.3 is 24.4 Å². The summed E-state index contributed by atoms with van der Waals surface area (Å²) in [4.78, 5) is 62.1. The van der Waals surface area contributed by atoms with Gasteiger partial charge in [0, 0.05) is 24.8 Å². The molecule has 2 aliphatic carbocycles. The Morgan fingerprint density at radius 3 is 2.39 bits per heavy atom. The van der Waals surface area contributed by atoms with Gasteiger partial charge in [-0.3, -0.25) is 14.4 Å². The summed E-state index contributed by atoms with van der Waals surface area (Å²) in [6.45, 7) is 4.22. The molecule has 0 aromatic heterocycles. The van der Waals surface area contributed by atoms with E-state index in [1.54, 1.807) is 6.92 Å². The van der Waals surface area contributed by atoms with Crippen molar-refractivity contribution in [3.05, 3.63) is 23.8 Å². The summed E-state index contributed by atoms with van der Waals surface area (Å²) in [7, 11) is 1.04. The average molecular weight is 464 g/mol. The minimum absolute atomic E-state index is 0.0654. The largest absolute Gasteiger partial charge is 0.478 e. The number of methoxy groups -OCH3 is 1. The lowest BCUT2D eigenvalue weighted by Gasteiger charge is -2.53. The van der Waals surface area contributed by atoms with E-state index in [1.165, 1.54) is 32.1 Å². The summed E-state index contributed by atoms with van der Waals surface area (Å²) >= 11 is 0. The summed E-state index contributed by atoms with van der Waals surface area (Å²) in [5.41, 5.74) is -6.76. The minimum atomic E-state index is -2.47. The Morgan fingerprint density at radius 2 is 1.82 bits per heavy atom. The number of aliphatic carboxylic acids is 1. The first kappa shape index (κ1) is 24.6. The van der Waals surface area contributed by atoms with Gasteiger partial charge in [0.15, 0.2) is 5.78 Å². The lowest BCUT2D eigenvalue weighted by atomic mass is 9.62. The molecule has 33 heavy (non-hydrogen) atoms. The second-order valence-electron chi connectivity index (χ2n) is 9.20. The van der Waals surface area contributed by atoms with Crippen LogP contribution in [-0.2, 0) is 38.2 Å². The zero-order chi connectivity index (χ0) is 24.8. The highest BCUT2D eigenvalue weighted by Crippen LogP contribution is 2.66. The smallest absolute Gasteiger partial charge is 0.345 e. The lowest BCUT2D eigenvalue weighted by molar-refractivity contribution is -0.235. The zero-order valence-corrected chi connectivity index (χ0v) is 19.0. The number of carbonyl (C=O) groups excluding carboxylic acids is 4. The quantitative estimate of drug-likeness (QED) is 0.200. The molecule has 3 aliphatic rings. The Balaban J connectivity index is 2.14. The third-order valence-electron chi connectivity index (χ3n) is 7.37. The highest BCUT2D eigenvalue weighted by atomic mass is 16.6. The van der Waals surface area contributed by atoms with E-state index in [2.05, 4.69) is 4.74 Å². The second kappa shape index (κ2) is 8.09. The van der Waals surface area contributed by atoms with E-state index in [0.29, 0.717) is 6.42 Å². The van der Waals surface area contributed by atoms with Crippen molar-refractivity contribution in [2.75, 3.05) is 7.11 Å². The molecule has 1 aliphatic heterocycles. The Labute approximate surface area is 190 Å². The van der Waals surface area contributed by atoms with E-state index in [-0.39, 0.29) is 18.4 Å². The first-order valence-electron chi connectivity index (χ1n) is 10.6. The van der Waals surface area contributed by atoms with Crippen LogP contribution in [0.1, 0.15) is 52.9 Å². The molecule has 0 radical (unpaired) electrons. The molecule has 180 valence electrons. The molecule has 0 amide bonds. The third kappa shape index (κ3) is 3.56. The molecule has 0 aromatic carbocycles. The van der Waals surface area contributed by atoms with Crippen LogP contribution in [0.2, 0.25) is 0 Å². The van der Waals surface area contributed by atoms with Crippen molar-refractivity contribution in [1.82, 2.24) is 0 Å². The number of ether oxygens (including phenoxy) is 3. The molecule has 1 saturated heterocycles. The van der Waals surface area contributed by atoms with E-state index in [4.69, 9.17) is 14.6 Å². The fraction of sp³-hybridized carbons (Fsp3) is 0.609. The number of hydrogen-bond donors (Lipinski definition) is 2. The Hall–Kier alpha value is -3.01. The third-order valence-corrected chi connectivity index (χ3v) is 7.37. The molecule has 0 spiro atoms. The number of aliphatic hydroxyl groups is 1. The number of cyclic esters (lactones) is 1. The predicted octanol–water partition coefficient (Wildman–Crippen LogP) is 1.24. The minimum Gasteiger partial charge on any atom is -0.478 e. The first-order chi connectivity index (χ1) is 15.3. The van der Waals surface area contributed by atoms with Crippen molar-refractivity contribution in [3.8, 4) is 0 Å². The number of carboxylic acids is 1. The van der Waals surface area contributed by atoms with Crippen molar-refractivity contribution in [1.29, 1.82) is 0 Å². The Bertz CT molecular complexity index is 980. The number of hydrogen-bond acceptors (Lipinski definition) is 9. The number of ketones is 1. The second-order valence-corrected chi connectivity index (χ2v) is 9.20. The molecule has 3 fully saturated rings. The molecule has 3 rings (SSSR count). The maximum atomic E-state index is 13.5. The summed E-state index contributed by atoms with van der Waals surface area (Å²) in [6.07, 6.45) is 3.78. The number of rotatable bonds is 5. The van der Waals surface area contributed by atoms with Gasteiger partial charge in [-0.1, -0.05) is 12.2 Å². The van der Waals surface area contributed by atoms with Crippen LogP contribution >= 0.6 is 0 Å². The SMILES string of the molecule is COC(=O)C1(O)CC[C@]2(OC(C)=O)[C@H]3CC[C@]2(CC1=O)C(=O)O[C@]3(C)/C=C/C=C(\C)C(=O)O. The van der Waals surface area contributed by atoms with Gasteiger partial charge in [0.05, 0.1) is 7.11 Å². The number of carbonyl (C=O) groups is 5. The van der Waals surface area contributed by atoms with Crippen LogP contribution in [0.5, 0.6) is 0 Å². The first-order valence-corrected chi connectivity index (χ1v) is 10.6. The summed E-state index contributed by atoms with van der Waals surface area (Å²) in [5.74, 6) is -5.18. The van der Waals surface area contributed by atoms with Crippen LogP contribution in [0, 0.1) is 11.3 Å². The topological polar surface area (TPSA) is 154 Å². The van der Waals surface area contributed by atoms with E-state index in [0.717, 1.165) is 7.11 Å². The van der Waals surface area contributed by atoms with Gasteiger partial charge in [0.25, 0.3) is 0 Å².